The summed E-state index contributed by atoms with van der Waals surface area (Å²) >= 11 is 0. The minimum Gasteiger partial charge on any atom is -0.390 e. The van der Waals surface area contributed by atoms with Gasteiger partial charge in [0.25, 0.3) is 0 Å². The molecular formula is C10H22N2O3Si. The van der Waals surface area contributed by atoms with Gasteiger partial charge in [0, 0.05) is 19.3 Å². The number of rotatable bonds is 6. The molecule has 1 saturated heterocycles. The van der Waals surface area contributed by atoms with Gasteiger partial charge in [-0.25, -0.2) is 0 Å². The summed E-state index contributed by atoms with van der Waals surface area (Å²) in [5.41, 5.74) is 5.90. The molecule has 5 nitrogen and oxygen atoms in total. The number of carbonyl (C=O) groups excluding carboxylic acids is 1. The predicted octanol–water partition coefficient (Wildman–Crippen LogP) is -0.0711. The summed E-state index contributed by atoms with van der Waals surface area (Å²) in [6.07, 6.45) is 0.832. The molecule has 1 heterocycles. The lowest BCUT2D eigenvalue weighted by molar-refractivity contribution is -0.117. The van der Waals surface area contributed by atoms with E-state index in [0.717, 1.165) is 13.0 Å². The SMILES string of the molecule is CCO[Si](C)(OCC)C(=O)[C@H]1NCCC1N. The van der Waals surface area contributed by atoms with Crippen LogP contribution in [-0.2, 0) is 13.6 Å². The molecule has 3 N–H and O–H groups in total. The van der Waals surface area contributed by atoms with Gasteiger partial charge < -0.3 is 19.9 Å². The molecule has 0 amide bonds. The van der Waals surface area contributed by atoms with E-state index in [1.165, 1.54) is 0 Å². The van der Waals surface area contributed by atoms with Gasteiger partial charge in [-0.15, -0.1) is 0 Å². The van der Waals surface area contributed by atoms with Crippen LogP contribution in [0.25, 0.3) is 0 Å². The Balaban J connectivity index is 2.73. The second kappa shape index (κ2) is 5.88. The molecule has 0 saturated carbocycles. The van der Waals surface area contributed by atoms with Crippen molar-refractivity contribution in [1.82, 2.24) is 5.32 Å². The normalized spacial score (nSPS) is 26.0. The molecule has 1 rings (SSSR count). The fraction of sp³-hybridized carbons (Fsp3) is 0.900. The Labute approximate surface area is 97.9 Å². The molecule has 0 radical (unpaired) electrons. The molecule has 0 spiro atoms. The maximum Gasteiger partial charge on any atom is 0.409 e. The van der Waals surface area contributed by atoms with Gasteiger partial charge in [-0.2, -0.15) is 0 Å². The Morgan fingerprint density at radius 1 is 1.44 bits per heavy atom. The third kappa shape index (κ3) is 2.89. The number of nitrogens with one attached hydrogen (secondary N) is 1. The minimum absolute atomic E-state index is 0.0289. The summed E-state index contributed by atoms with van der Waals surface area (Å²) in [4.78, 5) is 12.3. The van der Waals surface area contributed by atoms with Crippen LogP contribution < -0.4 is 11.1 Å². The quantitative estimate of drug-likeness (QED) is 0.642. The summed E-state index contributed by atoms with van der Waals surface area (Å²) in [5, 5.41) is 3.16. The first-order valence-corrected chi connectivity index (χ1v) is 8.18. The van der Waals surface area contributed by atoms with Crippen LogP contribution in [0.1, 0.15) is 20.3 Å². The topological polar surface area (TPSA) is 73.6 Å². The zero-order valence-corrected chi connectivity index (χ0v) is 11.3. The first kappa shape index (κ1) is 13.8. The van der Waals surface area contributed by atoms with E-state index in [1.54, 1.807) is 6.55 Å². The highest BCUT2D eigenvalue weighted by Crippen LogP contribution is 2.16. The van der Waals surface area contributed by atoms with Crippen LogP contribution in [0.5, 0.6) is 0 Å². The van der Waals surface area contributed by atoms with Gasteiger partial charge in [0.2, 0.25) is 0 Å². The maximum atomic E-state index is 12.3. The van der Waals surface area contributed by atoms with Crippen molar-refractivity contribution in [2.24, 2.45) is 5.73 Å². The van der Waals surface area contributed by atoms with Crippen molar-refractivity contribution >= 4 is 14.0 Å². The monoisotopic (exact) mass is 246 g/mol. The van der Waals surface area contributed by atoms with E-state index in [4.69, 9.17) is 14.6 Å². The smallest absolute Gasteiger partial charge is 0.390 e. The van der Waals surface area contributed by atoms with Crippen molar-refractivity contribution in [2.75, 3.05) is 19.8 Å². The van der Waals surface area contributed by atoms with Crippen LogP contribution in [-0.4, -0.2) is 45.8 Å². The molecule has 0 bridgehead atoms. The lowest BCUT2D eigenvalue weighted by atomic mass is 10.2. The molecule has 16 heavy (non-hydrogen) atoms. The van der Waals surface area contributed by atoms with Crippen molar-refractivity contribution in [1.29, 1.82) is 0 Å². The lowest BCUT2D eigenvalue weighted by Gasteiger charge is -2.28. The van der Waals surface area contributed by atoms with E-state index in [1.807, 2.05) is 13.8 Å². The average molecular weight is 246 g/mol. The molecule has 1 aliphatic heterocycles. The number of carbonyl (C=O) groups is 1. The molecule has 1 unspecified atom stereocenters. The summed E-state index contributed by atoms with van der Waals surface area (Å²) in [6, 6.07) is -0.407. The van der Waals surface area contributed by atoms with Crippen molar-refractivity contribution in [2.45, 2.75) is 38.9 Å². The highest BCUT2D eigenvalue weighted by molar-refractivity contribution is 6.96. The van der Waals surface area contributed by atoms with Gasteiger partial charge in [-0.05, 0) is 33.4 Å². The third-order valence-electron chi connectivity index (χ3n) is 2.84. The minimum atomic E-state index is -2.74. The Morgan fingerprint density at radius 3 is 2.38 bits per heavy atom. The molecule has 0 aromatic rings. The highest BCUT2D eigenvalue weighted by atomic mass is 28.4. The molecule has 0 aromatic heterocycles. The summed E-state index contributed by atoms with van der Waals surface area (Å²) < 4.78 is 11.1. The highest BCUT2D eigenvalue weighted by Gasteiger charge is 2.47. The molecular weight excluding hydrogens is 224 g/mol. The van der Waals surface area contributed by atoms with Crippen LogP contribution in [0, 0.1) is 0 Å². The Bertz CT molecular complexity index is 244. The Hall–Kier alpha value is -0.273. The van der Waals surface area contributed by atoms with E-state index in [9.17, 15) is 4.79 Å². The van der Waals surface area contributed by atoms with Gasteiger partial charge >= 0.3 is 8.56 Å². The zero-order chi connectivity index (χ0) is 12.2. The van der Waals surface area contributed by atoms with Gasteiger partial charge in [0.1, 0.15) is 0 Å². The van der Waals surface area contributed by atoms with Gasteiger partial charge in [0.15, 0.2) is 5.41 Å². The fourth-order valence-electron chi connectivity index (χ4n) is 2.03. The number of hydrogen-bond acceptors (Lipinski definition) is 5. The van der Waals surface area contributed by atoms with Crippen LogP contribution in [0.4, 0.5) is 0 Å². The summed E-state index contributed by atoms with van der Waals surface area (Å²) in [6.45, 7) is 7.33. The fourth-order valence-corrected chi connectivity index (χ4v) is 4.38. The number of hydrogen-bond donors (Lipinski definition) is 2. The summed E-state index contributed by atoms with van der Waals surface area (Å²) in [5.74, 6) is 0. The Morgan fingerprint density at radius 2 is 2.00 bits per heavy atom. The van der Waals surface area contributed by atoms with Crippen molar-refractivity contribution in [3.8, 4) is 0 Å². The van der Waals surface area contributed by atoms with Gasteiger partial charge in [-0.1, -0.05) is 0 Å². The molecule has 6 heteroatoms. The Kier molecular flexibility index (Phi) is 5.07. The standard InChI is InChI=1S/C10H22N2O3Si/c1-4-14-16(3,15-5-2)10(13)9-8(11)6-7-12-9/h8-9,12H,4-7,11H2,1-3H3/t8?,9-/m0/s1. The first-order valence-electron chi connectivity index (χ1n) is 5.86. The molecule has 1 aliphatic rings. The molecule has 0 aliphatic carbocycles. The molecule has 2 atom stereocenters. The third-order valence-corrected chi connectivity index (χ3v) is 5.72. The lowest BCUT2D eigenvalue weighted by Crippen LogP contribution is -2.58. The first-order chi connectivity index (χ1) is 7.55. The van der Waals surface area contributed by atoms with Crippen molar-refractivity contribution in [3.05, 3.63) is 0 Å². The van der Waals surface area contributed by atoms with Gasteiger partial charge in [0.05, 0.1) is 6.04 Å². The zero-order valence-electron chi connectivity index (χ0n) is 10.3. The summed E-state index contributed by atoms with van der Waals surface area (Å²) in [7, 11) is -2.74. The van der Waals surface area contributed by atoms with Gasteiger partial charge in [-0.3, -0.25) is 4.79 Å². The predicted molar refractivity (Wildman–Crippen MR) is 64.3 cm³/mol. The van der Waals surface area contributed by atoms with Crippen molar-refractivity contribution in [3.63, 3.8) is 0 Å². The molecule has 94 valence electrons. The van der Waals surface area contributed by atoms with E-state index in [2.05, 4.69) is 5.32 Å². The second-order valence-corrected chi connectivity index (χ2v) is 7.02. The van der Waals surface area contributed by atoms with E-state index < -0.39 is 8.56 Å². The number of nitrogens with two attached hydrogens (primary N) is 1. The second-order valence-electron chi connectivity index (χ2n) is 4.06. The van der Waals surface area contributed by atoms with E-state index in [-0.39, 0.29) is 17.5 Å². The average Bonchev–Trinajstić information content (AvgIpc) is 2.64. The van der Waals surface area contributed by atoms with Crippen molar-refractivity contribution < 1.29 is 13.6 Å². The van der Waals surface area contributed by atoms with Crippen LogP contribution >= 0.6 is 0 Å². The van der Waals surface area contributed by atoms with Crippen LogP contribution in [0.15, 0.2) is 0 Å². The van der Waals surface area contributed by atoms with Crippen LogP contribution in [0.3, 0.4) is 0 Å². The molecule has 1 fully saturated rings. The van der Waals surface area contributed by atoms with E-state index >= 15 is 0 Å². The molecule has 0 aromatic carbocycles. The maximum absolute atomic E-state index is 12.3. The largest absolute Gasteiger partial charge is 0.409 e. The van der Waals surface area contributed by atoms with E-state index in [0.29, 0.717) is 13.2 Å². The van der Waals surface area contributed by atoms with Crippen LogP contribution in [0.2, 0.25) is 6.55 Å².